The van der Waals surface area contributed by atoms with Crippen LogP contribution < -0.4 is 0 Å². The molecule has 0 amide bonds. The maximum absolute atomic E-state index is 12.9. The molecule has 3 heterocycles. The fourth-order valence-electron chi connectivity index (χ4n) is 3.74. The van der Waals surface area contributed by atoms with Crippen molar-refractivity contribution in [1.29, 1.82) is 0 Å². The van der Waals surface area contributed by atoms with Crippen molar-refractivity contribution in [3.63, 3.8) is 0 Å². The van der Waals surface area contributed by atoms with Gasteiger partial charge in [0.2, 0.25) is 5.16 Å². The monoisotopic (exact) mass is 411 g/mol. The van der Waals surface area contributed by atoms with Crippen LogP contribution in [0.3, 0.4) is 0 Å². The molecular formula is C21H25N5O2S. The zero-order chi connectivity index (χ0) is 20.4. The van der Waals surface area contributed by atoms with Gasteiger partial charge in [0.1, 0.15) is 0 Å². The van der Waals surface area contributed by atoms with Crippen LogP contribution >= 0.6 is 11.8 Å². The molecule has 1 saturated heterocycles. The van der Waals surface area contributed by atoms with Crippen LogP contribution in [0.2, 0.25) is 0 Å². The van der Waals surface area contributed by atoms with Gasteiger partial charge in [-0.1, -0.05) is 29.5 Å². The maximum atomic E-state index is 12.9. The minimum Gasteiger partial charge on any atom is -0.376 e. The lowest BCUT2D eigenvalue weighted by Gasteiger charge is -2.10. The second kappa shape index (κ2) is 8.51. The van der Waals surface area contributed by atoms with Crippen molar-refractivity contribution in [3.05, 3.63) is 52.8 Å². The summed E-state index contributed by atoms with van der Waals surface area (Å²) < 4.78 is 9.53. The average Bonchev–Trinajstić information content (AvgIpc) is 3.43. The third-order valence-corrected chi connectivity index (χ3v) is 6.21. The molecule has 1 fully saturated rings. The fourth-order valence-corrected chi connectivity index (χ4v) is 4.51. The number of carbonyl (C=O) groups is 1. The lowest BCUT2D eigenvalue weighted by Crippen LogP contribution is -2.17. The van der Waals surface area contributed by atoms with Gasteiger partial charge in [-0.15, -0.1) is 5.10 Å². The lowest BCUT2D eigenvalue weighted by atomic mass is 10.2. The summed E-state index contributed by atoms with van der Waals surface area (Å²) >= 11 is 1.37. The highest BCUT2D eigenvalue weighted by molar-refractivity contribution is 7.99. The fraction of sp³-hybridized carbons (Fsp3) is 0.429. The van der Waals surface area contributed by atoms with Crippen molar-refractivity contribution in [1.82, 2.24) is 24.8 Å². The molecular weight excluding hydrogens is 386 g/mol. The molecule has 7 nitrogen and oxygen atoms in total. The number of tetrazole rings is 1. The van der Waals surface area contributed by atoms with E-state index in [9.17, 15) is 4.79 Å². The molecule has 0 spiro atoms. The van der Waals surface area contributed by atoms with Crippen molar-refractivity contribution >= 4 is 17.5 Å². The number of carbonyl (C=O) groups excluding carboxylic acids is 1. The van der Waals surface area contributed by atoms with Gasteiger partial charge < -0.3 is 9.30 Å². The molecule has 4 rings (SSSR count). The number of aryl methyl sites for hydroxylation is 2. The van der Waals surface area contributed by atoms with Gasteiger partial charge in [0.05, 0.1) is 18.4 Å². The Kier molecular flexibility index (Phi) is 5.82. The van der Waals surface area contributed by atoms with Gasteiger partial charge in [0.25, 0.3) is 0 Å². The summed E-state index contributed by atoms with van der Waals surface area (Å²) in [6, 6.07) is 10.3. The molecule has 0 aliphatic carbocycles. The highest BCUT2D eigenvalue weighted by Gasteiger charge is 2.21. The van der Waals surface area contributed by atoms with Crippen LogP contribution in [0.4, 0.5) is 0 Å². The van der Waals surface area contributed by atoms with Gasteiger partial charge >= 0.3 is 0 Å². The second-order valence-corrected chi connectivity index (χ2v) is 8.39. The first-order valence-corrected chi connectivity index (χ1v) is 10.8. The summed E-state index contributed by atoms with van der Waals surface area (Å²) in [7, 11) is 0. The largest absolute Gasteiger partial charge is 0.376 e. The molecule has 0 radical (unpaired) electrons. The topological polar surface area (TPSA) is 74.8 Å². The predicted molar refractivity (Wildman–Crippen MR) is 112 cm³/mol. The maximum Gasteiger partial charge on any atom is 0.209 e. The van der Waals surface area contributed by atoms with E-state index in [0.29, 0.717) is 17.5 Å². The molecule has 0 saturated carbocycles. The van der Waals surface area contributed by atoms with Gasteiger partial charge in [-0.3, -0.25) is 4.79 Å². The Bertz CT molecular complexity index is 1000. The van der Waals surface area contributed by atoms with Crippen LogP contribution in [-0.4, -0.2) is 49.0 Å². The van der Waals surface area contributed by atoms with Crippen LogP contribution in [0.25, 0.3) is 5.69 Å². The van der Waals surface area contributed by atoms with E-state index < -0.39 is 0 Å². The van der Waals surface area contributed by atoms with Crippen LogP contribution in [0.5, 0.6) is 0 Å². The minimum atomic E-state index is 0.0770. The number of ketones is 1. The zero-order valence-corrected chi connectivity index (χ0v) is 17.8. The predicted octanol–water partition coefficient (Wildman–Crippen LogP) is 3.54. The molecule has 8 heteroatoms. The van der Waals surface area contributed by atoms with Gasteiger partial charge in [-0.25, -0.2) is 4.68 Å². The minimum absolute atomic E-state index is 0.0770. The van der Waals surface area contributed by atoms with E-state index in [-0.39, 0.29) is 11.9 Å². The number of aromatic nitrogens is 5. The Labute approximate surface area is 174 Å². The van der Waals surface area contributed by atoms with Crippen LogP contribution in [-0.2, 0) is 11.3 Å². The van der Waals surface area contributed by atoms with Crippen molar-refractivity contribution in [2.75, 3.05) is 12.4 Å². The molecule has 2 aromatic heterocycles. The number of benzene rings is 1. The average molecular weight is 412 g/mol. The van der Waals surface area contributed by atoms with E-state index >= 15 is 0 Å². The molecule has 1 aliphatic heterocycles. The van der Waals surface area contributed by atoms with Gasteiger partial charge in [0, 0.05) is 29.2 Å². The Morgan fingerprint density at radius 2 is 2.03 bits per heavy atom. The molecule has 0 unspecified atom stereocenters. The highest BCUT2D eigenvalue weighted by Crippen LogP contribution is 2.24. The second-order valence-electron chi connectivity index (χ2n) is 7.45. The van der Waals surface area contributed by atoms with Crippen molar-refractivity contribution < 1.29 is 9.53 Å². The molecule has 152 valence electrons. The Hall–Kier alpha value is -2.45. The van der Waals surface area contributed by atoms with Gasteiger partial charge in [0.15, 0.2) is 5.78 Å². The molecule has 1 aromatic carbocycles. The number of nitrogens with zero attached hydrogens (tertiary/aromatic N) is 5. The van der Waals surface area contributed by atoms with Gasteiger partial charge in [-0.05, 0) is 62.2 Å². The molecule has 3 aromatic rings. The van der Waals surface area contributed by atoms with Crippen LogP contribution in [0.15, 0.2) is 35.5 Å². The Balaban J connectivity index is 1.46. The van der Waals surface area contributed by atoms with E-state index in [1.54, 1.807) is 4.68 Å². The number of rotatable bonds is 7. The van der Waals surface area contributed by atoms with E-state index in [0.717, 1.165) is 42.1 Å². The summed E-state index contributed by atoms with van der Waals surface area (Å²) in [4.78, 5) is 12.9. The number of thioether (sulfide) groups is 1. The third-order valence-electron chi connectivity index (χ3n) is 5.26. The highest BCUT2D eigenvalue weighted by atomic mass is 32.2. The number of ether oxygens (including phenoxy) is 1. The smallest absolute Gasteiger partial charge is 0.209 e. The number of hydrogen-bond acceptors (Lipinski definition) is 6. The standard InChI is InChI=1S/C21H25N5O2S/c1-14-6-8-17(9-7-14)26-15(2)11-19(16(26)3)20(27)13-29-21-22-23-24-25(21)12-18-5-4-10-28-18/h6-9,11,18H,4-5,10,12-13H2,1-3H3/t18-/m1/s1. The summed E-state index contributed by atoms with van der Waals surface area (Å²) in [5.74, 6) is 0.373. The van der Waals surface area contributed by atoms with Crippen molar-refractivity contribution in [2.24, 2.45) is 0 Å². The Morgan fingerprint density at radius 3 is 2.76 bits per heavy atom. The first-order chi connectivity index (χ1) is 14.0. The van der Waals surface area contributed by atoms with Gasteiger partial charge in [-0.2, -0.15) is 0 Å². The van der Waals surface area contributed by atoms with E-state index in [1.165, 1.54) is 17.3 Å². The summed E-state index contributed by atoms with van der Waals surface area (Å²) in [6.45, 7) is 7.51. The normalized spacial score (nSPS) is 16.4. The SMILES string of the molecule is Cc1ccc(-n2c(C)cc(C(=O)CSc3nnnn3C[C@H]3CCCO3)c2C)cc1. The molecule has 1 aliphatic rings. The van der Waals surface area contributed by atoms with E-state index in [4.69, 9.17) is 4.74 Å². The third kappa shape index (κ3) is 4.28. The molecule has 0 bridgehead atoms. The summed E-state index contributed by atoms with van der Waals surface area (Å²) in [5.41, 5.74) is 5.02. The first kappa shape index (κ1) is 19.8. The quantitative estimate of drug-likeness (QED) is 0.437. The van der Waals surface area contributed by atoms with E-state index in [2.05, 4.69) is 51.3 Å². The lowest BCUT2D eigenvalue weighted by molar-refractivity contribution is 0.0912. The number of hydrogen-bond donors (Lipinski definition) is 0. The zero-order valence-electron chi connectivity index (χ0n) is 17.0. The molecule has 0 N–H and O–H groups in total. The number of Topliss-reactive ketones (excluding diaryl/α,β-unsaturated/α-hetero) is 1. The molecule has 29 heavy (non-hydrogen) atoms. The summed E-state index contributed by atoms with van der Waals surface area (Å²) in [5, 5.41) is 12.6. The van der Waals surface area contributed by atoms with Crippen LogP contribution in [0, 0.1) is 20.8 Å². The summed E-state index contributed by atoms with van der Waals surface area (Å²) in [6.07, 6.45) is 2.25. The first-order valence-electron chi connectivity index (χ1n) is 9.82. The molecule has 1 atom stereocenters. The van der Waals surface area contributed by atoms with Crippen molar-refractivity contribution in [2.45, 2.75) is 51.4 Å². The van der Waals surface area contributed by atoms with Crippen LogP contribution in [0.1, 0.15) is 40.2 Å². The van der Waals surface area contributed by atoms with E-state index in [1.807, 2.05) is 19.9 Å². The Morgan fingerprint density at radius 1 is 1.24 bits per heavy atom. The van der Waals surface area contributed by atoms with Crippen molar-refractivity contribution in [3.8, 4) is 5.69 Å².